The number of aryl methyl sites for hydroxylation is 1. The quantitative estimate of drug-likeness (QED) is 0.243. The molecular formula is C27H18F8. The zero-order valence-electron chi connectivity index (χ0n) is 18.3. The molecule has 0 N–H and O–H groups in total. The van der Waals surface area contributed by atoms with E-state index in [0.717, 1.165) is 37.0 Å². The number of benzene rings is 4. The minimum absolute atomic E-state index is 0.104. The maximum Gasteiger partial charge on any atom is 0.422 e. The van der Waals surface area contributed by atoms with Gasteiger partial charge < -0.3 is 0 Å². The lowest BCUT2D eigenvalue weighted by Crippen LogP contribution is -2.11. The SMILES string of the molecule is CCCCc1ccc2c(F)c(-c3cc(F)c(-c4cc(F)c(C(F)(F)F)c(F)c4)c(F)c3)ccc2c1. The third-order valence-electron chi connectivity index (χ3n) is 5.80. The second-order valence-electron chi connectivity index (χ2n) is 8.21. The highest BCUT2D eigenvalue weighted by atomic mass is 19.4. The van der Waals surface area contributed by atoms with E-state index in [1.54, 1.807) is 18.2 Å². The Labute approximate surface area is 195 Å². The molecule has 4 rings (SSSR count). The molecule has 0 aromatic heterocycles. The average molecular weight is 494 g/mol. The van der Waals surface area contributed by atoms with Crippen LogP contribution in [0.5, 0.6) is 0 Å². The summed E-state index contributed by atoms with van der Waals surface area (Å²) < 4.78 is 111. The topological polar surface area (TPSA) is 0 Å². The Balaban J connectivity index is 1.77. The number of hydrogen-bond acceptors (Lipinski definition) is 0. The zero-order valence-corrected chi connectivity index (χ0v) is 18.3. The summed E-state index contributed by atoms with van der Waals surface area (Å²) in [6.07, 6.45) is -2.51. The van der Waals surface area contributed by atoms with Crippen molar-refractivity contribution in [3.63, 3.8) is 0 Å². The van der Waals surface area contributed by atoms with Gasteiger partial charge >= 0.3 is 6.18 Å². The highest BCUT2D eigenvalue weighted by molar-refractivity contribution is 5.89. The van der Waals surface area contributed by atoms with Gasteiger partial charge in [-0.15, -0.1) is 0 Å². The van der Waals surface area contributed by atoms with Gasteiger partial charge in [0.2, 0.25) is 0 Å². The van der Waals surface area contributed by atoms with Gasteiger partial charge in [-0.3, -0.25) is 0 Å². The highest BCUT2D eigenvalue weighted by Gasteiger charge is 2.38. The van der Waals surface area contributed by atoms with E-state index in [1.807, 2.05) is 6.07 Å². The van der Waals surface area contributed by atoms with Gasteiger partial charge in [-0.05, 0) is 59.2 Å². The van der Waals surface area contributed by atoms with Crippen LogP contribution >= 0.6 is 0 Å². The van der Waals surface area contributed by atoms with Crippen molar-refractivity contribution in [2.24, 2.45) is 0 Å². The average Bonchev–Trinajstić information content (AvgIpc) is 2.76. The minimum atomic E-state index is -5.32. The Morgan fingerprint density at radius 3 is 1.86 bits per heavy atom. The van der Waals surface area contributed by atoms with Crippen molar-refractivity contribution in [1.82, 2.24) is 0 Å². The molecule has 4 aromatic rings. The first-order chi connectivity index (χ1) is 16.5. The van der Waals surface area contributed by atoms with Crippen LogP contribution in [-0.4, -0.2) is 0 Å². The van der Waals surface area contributed by atoms with E-state index in [-0.39, 0.29) is 28.6 Å². The minimum Gasteiger partial charge on any atom is -0.206 e. The normalized spacial score (nSPS) is 11.9. The summed E-state index contributed by atoms with van der Waals surface area (Å²) in [4.78, 5) is 0. The van der Waals surface area contributed by atoms with Crippen LogP contribution in [0.1, 0.15) is 30.9 Å². The highest BCUT2D eigenvalue weighted by Crippen LogP contribution is 2.38. The predicted molar refractivity (Wildman–Crippen MR) is 118 cm³/mol. The van der Waals surface area contributed by atoms with Gasteiger partial charge in [0.15, 0.2) is 0 Å². The Morgan fingerprint density at radius 2 is 1.29 bits per heavy atom. The Kier molecular flexibility index (Phi) is 6.58. The second kappa shape index (κ2) is 9.32. The van der Waals surface area contributed by atoms with Gasteiger partial charge in [0.05, 0.1) is 5.56 Å². The first-order valence-electron chi connectivity index (χ1n) is 10.8. The Hall–Kier alpha value is -3.42. The standard InChI is InChI=1S/C27H18F8/c1-2-3-4-14-5-7-18-15(9-14)6-8-19(26(18)32)16-10-20(28)24(21(29)11-16)17-12-22(30)25(23(31)13-17)27(33,34)35/h5-13H,2-4H2,1H3. The lowest BCUT2D eigenvalue weighted by Gasteiger charge is -2.14. The molecule has 0 amide bonds. The fourth-order valence-corrected chi connectivity index (χ4v) is 4.09. The van der Waals surface area contributed by atoms with E-state index < -0.39 is 52.0 Å². The van der Waals surface area contributed by atoms with E-state index in [4.69, 9.17) is 0 Å². The first-order valence-corrected chi connectivity index (χ1v) is 10.8. The molecule has 0 saturated carbocycles. The van der Waals surface area contributed by atoms with E-state index in [1.165, 1.54) is 6.07 Å². The largest absolute Gasteiger partial charge is 0.422 e. The molecule has 0 fully saturated rings. The molecule has 8 heteroatoms. The molecular weight excluding hydrogens is 476 g/mol. The van der Waals surface area contributed by atoms with Crippen LogP contribution in [0.2, 0.25) is 0 Å². The first kappa shape index (κ1) is 24.7. The van der Waals surface area contributed by atoms with E-state index >= 15 is 4.39 Å². The van der Waals surface area contributed by atoms with Crippen LogP contribution in [-0.2, 0) is 12.6 Å². The fraction of sp³-hybridized carbons (Fsp3) is 0.185. The van der Waals surface area contributed by atoms with Crippen molar-refractivity contribution >= 4 is 10.8 Å². The van der Waals surface area contributed by atoms with Crippen LogP contribution in [0, 0.1) is 29.1 Å². The van der Waals surface area contributed by atoms with E-state index in [2.05, 4.69) is 6.92 Å². The van der Waals surface area contributed by atoms with Gasteiger partial charge in [-0.2, -0.15) is 13.2 Å². The monoisotopic (exact) mass is 494 g/mol. The van der Waals surface area contributed by atoms with Gasteiger partial charge in [0.25, 0.3) is 0 Å². The molecule has 182 valence electrons. The van der Waals surface area contributed by atoms with Crippen LogP contribution in [0.25, 0.3) is 33.0 Å². The molecule has 0 bridgehead atoms. The van der Waals surface area contributed by atoms with Crippen LogP contribution in [0.15, 0.2) is 54.6 Å². The van der Waals surface area contributed by atoms with Crippen LogP contribution < -0.4 is 0 Å². The van der Waals surface area contributed by atoms with Gasteiger partial charge in [-0.1, -0.05) is 43.7 Å². The lowest BCUT2D eigenvalue weighted by molar-refractivity contribution is -0.142. The Bertz CT molecular complexity index is 1370. The fourth-order valence-electron chi connectivity index (χ4n) is 4.09. The van der Waals surface area contributed by atoms with Gasteiger partial charge in [0.1, 0.15) is 34.6 Å². The van der Waals surface area contributed by atoms with Gasteiger partial charge in [0, 0.05) is 10.9 Å². The molecule has 0 spiro atoms. The molecule has 0 atom stereocenters. The maximum atomic E-state index is 15.2. The Morgan fingerprint density at radius 1 is 0.686 bits per heavy atom. The molecule has 35 heavy (non-hydrogen) atoms. The summed E-state index contributed by atoms with van der Waals surface area (Å²) in [6.45, 7) is 2.06. The lowest BCUT2D eigenvalue weighted by atomic mass is 9.95. The number of fused-ring (bicyclic) bond motifs is 1. The predicted octanol–water partition coefficient (Wildman–Crippen LogP) is 9.23. The van der Waals surface area contributed by atoms with Crippen molar-refractivity contribution in [1.29, 1.82) is 0 Å². The molecule has 0 aliphatic carbocycles. The summed E-state index contributed by atoms with van der Waals surface area (Å²) in [5.41, 5.74) is -3.09. The molecule has 0 nitrogen and oxygen atoms in total. The number of unbranched alkanes of at least 4 members (excludes halogenated alkanes) is 1. The number of rotatable bonds is 5. The maximum absolute atomic E-state index is 15.2. The van der Waals surface area contributed by atoms with Crippen molar-refractivity contribution in [3.05, 3.63) is 94.8 Å². The van der Waals surface area contributed by atoms with E-state index in [9.17, 15) is 30.7 Å². The molecule has 0 radical (unpaired) electrons. The molecule has 0 aliphatic rings. The van der Waals surface area contributed by atoms with Gasteiger partial charge in [-0.25, -0.2) is 22.0 Å². The van der Waals surface area contributed by atoms with Crippen LogP contribution in [0.4, 0.5) is 35.1 Å². The third-order valence-corrected chi connectivity index (χ3v) is 5.80. The smallest absolute Gasteiger partial charge is 0.206 e. The molecule has 0 saturated heterocycles. The molecule has 0 heterocycles. The van der Waals surface area contributed by atoms with E-state index in [0.29, 0.717) is 5.39 Å². The van der Waals surface area contributed by atoms with Crippen molar-refractivity contribution in [2.45, 2.75) is 32.4 Å². The number of hydrogen-bond donors (Lipinski definition) is 0. The molecule has 0 unspecified atom stereocenters. The summed E-state index contributed by atoms with van der Waals surface area (Å²) in [7, 11) is 0. The third kappa shape index (κ3) is 4.74. The summed E-state index contributed by atoms with van der Waals surface area (Å²) in [5.74, 6) is -7.34. The summed E-state index contributed by atoms with van der Waals surface area (Å²) in [5, 5.41) is 0.868. The number of halogens is 8. The van der Waals surface area contributed by atoms with Crippen molar-refractivity contribution < 1.29 is 35.1 Å². The van der Waals surface area contributed by atoms with Crippen molar-refractivity contribution in [3.8, 4) is 22.3 Å². The number of alkyl halides is 3. The zero-order chi connectivity index (χ0) is 25.5. The van der Waals surface area contributed by atoms with Crippen molar-refractivity contribution in [2.75, 3.05) is 0 Å². The molecule has 4 aromatic carbocycles. The second-order valence-corrected chi connectivity index (χ2v) is 8.21. The summed E-state index contributed by atoms with van der Waals surface area (Å²) in [6, 6.07) is 10.2. The van der Waals surface area contributed by atoms with Crippen LogP contribution in [0.3, 0.4) is 0 Å². The summed E-state index contributed by atoms with van der Waals surface area (Å²) >= 11 is 0. The molecule has 0 aliphatic heterocycles.